The second kappa shape index (κ2) is 6.85. The van der Waals surface area contributed by atoms with Crippen LogP contribution in [0.3, 0.4) is 0 Å². The average molecular weight is 382 g/mol. The van der Waals surface area contributed by atoms with E-state index in [0.29, 0.717) is 16.5 Å². The maximum Gasteiger partial charge on any atom is 0.249 e. The third-order valence-electron chi connectivity index (χ3n) is 4.42. The van der Waals surface area contributed by atoms with Crippen LogP contribution in [0.4, 0.5) is 11.6 Å². The van der Waals surface area contributed by atoms with Gasteiger partial charge in [0.2, 0.25) is 17.8 Å². The van der Waals surface area contributed by atoms with Gasteiger partial charge in [-0.2, -0.15) is 4.98 Å². The third kappa shape index (κ3) is 3.29. The van der Waals surface area contributed by atoms with Crippen molar-refractivity contribution in [1.29, 1.82) is 0 Å². The molecule has 136 valence electrons. The van der Waals surface area contributed by atoms with Crippen LogP contribution < -0.4 is 10.6 Å². The molecule has 0 saturated carbocycles. The highest BCUT2D eigenvalue weighted by molar-refractivity contribution is 6.31. The molecule has 0 radical (unpaired) electrons. The number of hydrogen-bond donors (Lipinski definition) is 2. The van der Waals surface area contributed by atoms with Crippen LogP contribution in [0.15, 0.2) is 48.5 Å². The van der Waals surface area contributed by atoms with Gasteiger partial charge in [-0.05, 0) is 24.6 Å². The normalized spacial score (nSPS) is 15.8. The number of nitrogens with one attached hydrogen (secondary N) is 2. The zero-order valence-corrected chi connectivity index (χ0v) is 15.2. The molecule has 0 bridgehead atoms. The molecule has 3 aromatic rings. The van der Waals surface area contributed by atoms with Crippen molar-refractivity contribution < 1.29 is 9.59 Å². The van der Waals surface area contributed by atoms with Gasteiger partial charge in [-0.15, -0.1) is 5.10 Å². The lowest BCUT2D eigenvalue weighted by atomic mass is 10.1. The molecular weight excluding hydrogens is 366 g/mol. The Hall–Kier alpha value is -3.19. The van der Waals surface area contributed by atoms with E-state index in [1.807, 2.05) is 37.3 Å². The van der Waals surface area contributed by atoms with Crippen molar-refractivity contribution in [2.45, 2.75) is 19.4 Å². The van der Waals surface area contributed by atoms with Crippen molar-refractivity contribution in [3.8, 4) is 11.4 Å². The number of carbonyl (C=O) groups is 2. The standard InChI is InChI=1S/C19H16ClN5O2/c1-11-13(20)8-5-9-14(11)21-18(27)15-10-16(26)22-19-23-17(24-25(15)19)12-6-3-2-4-7-12/h2-9,15H,10H2,1H3,(H,21,27)(H,22,23,24,26)/t15-/m0/s1. The first-order valence-electron chi connectivity index (χ1n) is 8.41. The molecule has 2 heterocycles. The summed E-state index contributed by atoms with van der Waals surface area (Å²) in [6.07, 6.45) is -0.0178. The Balaban J connectivity index is 1.66. The minimum absolute atomic E-state index is 0.0178. The van der Waals surface area contributed by atoms with Crippen LogP contribution in [0.2, 0.25) is 5.02 Å². The highest BCUT2D eigenvalue weighted by atomic mass is 35.5. The van der Waals surface area contributed by atoms with E-state index in [9.17, 15) is 9.59 Å². The summed E-state index contributed by atoms with van der Waals surface area (Å²) in [6, 6.07) is 13.9. The molecule has 4 rings (SSSR count). The Bertz CT molecular complexity index is 1030. The Labute approximate surface area is 160 Å². The van der Waals surface area contributed by atoms with E-state index in [2.05, 4.69) is 20.7 Å². The molecule has 8 heteroatoms. The Morgan fingerprint density at radius 1 is 1.22 bits per heavy atom. The van der Waals surface area contributed by atoms with E-state index in [1.165, 1.54) is 4.68 Å². The molecule has 1 aliphatic heterocycles. The molecule has 0 aliphatic carbocycles. The van der Waals surface area contributed by atoms with Gasteiger partial charge in [0.1, 0.15) is 6.04 Å². The molecule has 0 unspecified atom stereocenters. The summed E-state index contributed by atoms with van der Waals surface area (Å²) in [5.74, 6) is 0.0797. The summed E-state index contributed by atoms with van der Waals surface area (Å²) < 4.78 is 1.46. The van der Waals surface area contributed by atoms with Gasteiger partial charge in [0.05, 0.1) is 6.42 Å². The quantitative estimate of drug-likeness (QED) is 0.727. The van der Waals surface area contributed by atoms with Crippen molar-refractivity contribution in [2.75, 3.05) is 10.6 Å². The van der Waals surface area contributed by atoms with Gasteiger partial charge in [0.25, 0.3) is 0 Å². The zero-order chi connectivity index (χ0) is 19.0. The maximum atomic E-state index is 12.9. The van der Waals surface area contributed by atoms with Crippen LogP contribution in [-0.4, -0.2) is 26.6 Å². The smallest absolute Gasteiger partial charge is 0.249 e. The van der Waals surface area contributed by atoms with Gasteiger partial charge in [0, 0.05) is 16.3 Å². The van der Waals surface area contributed by atoms with E-state index < -0.39 is 6.04 Å². The van der Waals surface area contributed by atoms with E-state index in [1.54, 1.807) is 18.2 Å². The highest BCUT2D eigenvalue weighted by Crippen LogP contribution is 2.29. The highest BCUT2D eigenvalue weighted by Gasteiger charge is 2.33. The minimum atomic E-state index is -0.794. The Morgan fingerprint density at radius 3 is 2.78 bits per heavy atom. The second-order valence-corrected chi connectivity index (χ2v) is 6.65. The summed E-state index contributed by atoms with van der Waals surface area (Å²) >= 11 is 6.12. The van der Waals surface area contributed by atoms with Crippen molar-refractivity contribution >= 4 is 35.1 Å². The molecule has 0 fully saturated rings. The van der Waals surface area contributed by atoms with Gasteiger partial charge in [-0.25, -0.2) is 4.68 Å². The molecule has 2 amide bonds. The fourth-order valence-electron chi connectivity index (χ4n) is 2.94. The number of halogens is 1. The molecule has 1 aliphatic rings. The average Bonchev–Trinajstić information content (AvgIpc) is 3.09. The molecule has 0 saturated heterocycles. The van der Waals surface area contributed by atoms with Crippen LogP contribution in [0, 0.1) is 6.92 Å². The van der Waals surface area contributed by atoms with Gasteiger partial charge in [0.15, 0.2) is 5.82 Å². The lowest BCUT2D eigenvalue weighted by Gasteiger charge is -2.23. The van der Waals surface area contributed by atoms with E-state index in [0.717, 1.165) is 11.1 Å². The minimum Gasteiger partial charge on any atom is -0.324 e. The van der Waals surface area contributed by atoms with Gasteiger partial charge >= 0.3 is 0 Å². The summed E-state index contributed by atoms with van der Waals surface area (Å²) in [6.45, 7) is 1.82. The fraction of sp³-hybridized carbons (Fsp3) is 0.158. The molecular formula is C19H16ClN5O2. The monoisotopic (exact) mass is 381 g/mol. The Morgan fingerprint density at radius 2 is 2.00 bits per heavy atom. The number of fused-ring (bicyclic) bond motifs is 1. The van der Waals surface area contributed by atoms with E-state index >= 15 is 0 Å². The number of benzene rings is 2. The number of amides is 2. The topological polar surface area (TPSA) is 88.9 Å². The lowest BCUT2D eigenvalue weighted by Crippen LogP contribution is -2.36. The first-order chi connectivity index (χ1) is 13.0. The van der Waals surface area contributed by atoms with Gasteiger partial charge < -0.3 is 5.32 Å². The molecule has 1 atom stereocenters. The van der Waals surface area contributed by atoms with Gasteiger partial charge in [-0.3, -0.25) is 14.9 Å². The van der Waals surface area contributed by atoms with Crippen LogP contribution in [0.5, 0.6) is 0 Å². The van der Waals surface area contributed by atoms with Crippen LogP contribution >= 0.6 is 11.6 Å². The lowest BCUT2D eigenvalue weighted by molar-refractivity contribution is -0.125. The number of aromatic nitrogens is 3. The number of rotatable bonds is 3. The number of carbonyl (C=O) groups excluding carboxylic acids is 2. The van der Waals surface area contributed by atoms with E-state index in [4.69, 9.17) is 11.6 Å². The zero-order valence-electron chi connectivity index (χ0n) is 14.4. The van der Waals surface area contributed by atoms with E-state index in [-0.39, 0.29) is 24.2 Å². The molecule has 1 aromatic heterocycles. The van der Waals surface area contributed by atoms with Crippen LogP contribution in [0.25, 0.3) is 11.4 Å². The van der Waals surface area contributed by atoms with Crippen molar-refractivity contribution in [1.82, 2.24) is 14.8 Å². The number of anilines is 2. The summed E-state index contributed by atoms with van der Waals surface area (Å²) in [7, 11) is 0. The van der Waals surface area contributed by atoms with Crippen LogP contribution in [-0.2, 0) is 9.59 Å². The summed E-state index contributed by atoms with van der Waals surface area (Å²) in [5.41, 5.74) is 2.17. The molecule has 2 aromatic carbocycles. The predicted octanol–water partition coefficient (Wildman–Crippen LogP) is 3.43. The summed E-state index contributed by atoms with van der Waals surface area (Å²) in [4.78, 5) is 29.3. The van der Waals surface area contributed by atoms with Crippen molar-refractivity contribution in [2.24, 2.45) is 0 Å². The van der Waals surface area contributed by atoms with Gasteiger partial charge in [-0.1, -0.05) is 48.0 Å². The largest absolute Gasteiger partial charge is 0.324 e. The predicted molar refractivity (Wildman–Crippen MR) is 103 cm³/mol. The third-order valence-corrected chi connectivity index (χ3v) is 4.83. The van der Waals surface area contributed by atoms with Crippen LogP contribution in [0.1, 0.15) is 18.0 Å². The molecule has 7 nitrogen and oxygen atoms in total. The molecule has 0 spiro atoms. The first kappa shape index (κ1) is 17.2. The fourth-order valence-corrected chi connectivity index (χ4v) is 3.11. The molecule has 2 N–H and O–H groups in total. The summed E-state index contributed by atoms with van der Waals surface area (Å²) in [5, 5.41) is 10.5. The SMILES string of the molecule is Cc1c(Cl)cccc1NC(=O)[C@@H]1CC(=O)Nc2nc(-c3ccccc3)nn21. The first-order valence-corrected chi connectivity index (χ1v) is 8.78. The number of hydrogen-bond acceptors (Lipinski definition) is 4. The Kier molecular flexibility index (Phi) is 4.37. The van der Waals surface area contributed by atoms with Crippen molar-refractivity contribution in [3.05, 3.63) is 59.1 Å². The maximum absolute atomic E-state index is 12.9. The van der Waals surface area contributed by atoms with Crippen molar-refractivity contribution in [3.63, 3.8) is 0 Å². The second-order valence-electron chi connectivity index (χ2n) is 6.24. The number of nitrogens with zero attached hydrogens (tertiary/aromatic N) is 3. The molecule has 27 heavy (non-hydrogen) atoms.